The maximum absolute atomic E-state index is 11.9. The van der Waals surface area contributed by atoms with Gasteiger partial charge in [0, 0.05) is 37.9 Å². The van der Waals surface area contributed by atoms with Gasteiger partial charge in [0.25, 0.3) is 0 Å². The number of piperidine rings is 1. The van der Waals surface area contributed by atoms with Gasteiger partial charge in [-0.15, -0.1) is 0 Å². The first-order valence-corrected chi connectivity index (χ1v) is 7.20. The monoisotopic (exact) mass is 277 g/mol. The van der Waals surface area contributed by atoms with Gasteiger partial charge in [0.05, 0.1) is 0 Å². The number of nitrogens with two attached hydrogens (primary N) is 1. The van der Waals surface area contributed by atoms with Gasteiger partial charge in [-0.25, -0.2) is 9.97 Å². The summed E-state index contributed by atoms with van der Waals surface area (Å²) in [6.45, 7) is 4.25. The van der Waals surface area contributed by atoms with Crippen molar-refractivity contribution in [3.05, 3.63) is 18.5 Å². The van der Waals surface area contributed by atoms with Crippen molar-refractivity contribution in [3.8, 4) is 0 Å². The maximum atomic E-state index is 11.9. The molecule has 1 amide bonds. The van der Waals surface area contributed by atoms with Gasteiger partial charge in [-0.1, -0.05) is 6.92 Å². The van der Waals surface area contributed by atoms with Gasteiger partial charge in [-0.05, 0) is 31.4 Å². The van der Waals surface area contributed by atoms with Crippen molar-refractivity contribution in [1.82, 2.24) is 15.3 Å². The second-order valence-electron chi connectivity index (χ2n) is 5.45. The number of rotatable bonds is 5. The lowest BCUT2D eigenvalue weighted by molar-refractivity contribution is -0.122. The van der Waals surface area contributed by atoms with E-state index < -0.39 is 0 Å². The van der Waals surface area contributed by atoms with Gasteiger partial charge in [0.1, 0.15) is 0 Å². The highest BCUT2D eigenvalue weighted by molar-refractivity contribution is 5.76. The van der Waals surface area contributed by atoms with Crippen LogP contribution in [0.15, 0.2) is 18.5 Å². The summed E-state index contributed by atoms with van der Waals surface area (Å²) in [6.07, 6.45) is 6.03. The first-order valence-electron chi connectivity index (χ1n) is 7.20. The van der Waals surface area contributed by atoms with E-state index in [0.29, 0.717) is 13.0 Å². The average molecular weight is 277 g/mol. The number of aromatic nitrogens is 2. The molecule has 6 heteroatoms. The molecule has 0 saturated carbocycles. The molecule has 1 aromatic heterocycles. The van der Waals surface area contributed by atoms with E-state index in [1.807, 2.05) is 6.92 Å². The first-order chi connectivity index (χ1) is 9.69. The second kappa shape index (κ2) is 7.19. The summed E-state index contributed by atoms with van der Waals surface area (Å²) in [5.41, 5.74) is 5.55. The number of amides is 1. The lowest BCUT2D eigenvalue weighted by Crippen LogP contribution is -2.48. The summed E-state index contributed by atoms with van der Waals surface area (Å²) in [7, 11) is 0. The molecule has 1 aromatic rings. The molecule has 2 atom stereocenters. The van der Waals surface area contributed by atoms with Crippen LogP contribution in [0, 0.1) is 5.92 Å². The Morgan fingerprint density at radius 1 is 1.55 bits per heavy atom. The Balaban J connectivity index is 1.86. The highest BCUT2D eigenvalue weighted by Gasteiger charge is 2.23. The molecule has 3 N–H and O–H groups in total. The molecule has 0 bridgehead atoms. The molecule has 1 aliphatic rings. The van der Waals surface area contributed by atoms with Crippen molar-refractivity contribution < 1.29 is 4.79 Å². The van der Waals surface area contributed by atoms with Gasteiger partial charge in [-0.2, -0.15) is 0 Å². The fourth-order valence-corrected chi connectivity index (χ4v) is 2.42. The zero-order chi connectivity index (χ0) is 14.4. The molecule has 110 valence electrons. The van der Waals surface area contributed by atoms with E-state index in [9.17, 15) is 4.79 Å². The van der Waals surface area contributed by atoms with Crippen molar-refractivity contribution in [3.63, 3.8) is 0 Å². The zero-order valence-electron chi connectivity index (χ0n) is 12.0. The lowest BCUT2D eigenvalue weighted by atomic mass is 10.0. The van der Waals surface area contributed by atoms with Crippen molar-refractivity contribution in [1.29, 1.82) is 0 Å². The van der Waals surface area contributed by atoms with Crippen LogP contribution in [-0.2, 0) is 4.79 Å². The van der Waals surface area contributed by atoms with Crippen molar-refractivity contribution in [2.75, 3.05) is 24.5 Å². The summed E-state index contributed by atoms with van der Waals surface area (Å²) < 4.78 is 0. The molecular formula is C14H23N5O. The van der Waals surface area contributed by atoms with E-state index >= 15 is 0 Å². The largest absolute Gasteiger partial charge is 0.352 e. The fourth-order valence-electron chi connectivity index (χ4n) is 2.42. The minimum absolute atomic E-state index is 0.0868. The van der Waals surface area contributed by atoms with Crippen LogP contribution in [0.5, 0.6) is 0 Å². The molecule has 6 nitrogen and oxygen atoms in total. The second-order valence-corrected chi connectivity index (χ2v) is 5.45. The number of carbonyl (C=O) groups is 1. The molecule has 0 aliphatic carbocycles. The Hall–Kier alpha value is -1.69. The minimum atomic E-state index is 0.0868. The molecule has 1 saturated heterocycles. The summed E-state index contributed by atoms with van der Waals surface area (Å²) >= 11 is 0. The third-order valence-electron chi connectivity index (χ3n) is 3.56. The summed E-state index contributed by atoms with van der Waals surface area (Å²) in [5.74, 6) is 1.05. The molecule has 20 heavy (non-hydrogen) atoms. The quantitative estimate of drug-likeness (QED) is 0.821. The Labute approximate surface area is 119 Å². The summed E-state index contributed by atoms with van der Waals surface area (Å²) in [4.78, 5) is 22.6. The molecule has 2 heterocycles. The summed E-state index contributed by atoms with van der Waals surface area (Å²) in [6, 6.07) is 1.98. The Morgan fingerprint density at radius 3 is 3.00 bits per heavy atom. The summed E-state index contributed by atoms with van der Waals surface area (Å²) in [5, 5.41) is 3.09. The predicted octanol–water partition coefficient (Wildman–Crippen LogP) is 0.547. The van der Waals surface area contributed by atoms with Gasteiger partial charge in [0.15, 0.2) is 0 Å². The fraction of sp³-hybridized carbons (Fsp3) is 0.643. The molecule has 0 radical (unpaired) electrons. The highest BCUT2D eigenvalue weighted by Crippen LogP contribution is 2.15. The maximum Gasteiger partial charge on any atom is 0.225 e. The van der Waals surface area contributed by atoms with Gasteiger partial charge in [-0.3, -0.25) is 4.79 Å². The smallest absolute Gasteiger partial charge is 0.225 e. The zero-order valence-corrected chi connectivity index (χ0v) is 12.0. The number of nitrogens with zero attached hydrogens (tertiary/aromatic N) is 3. The molecule has 1 aliphatic heterocycles. The predicted molar refractivity (Wildman–Crippen MR) is 78.2 cm³/mol. The Bertz CT molecular complexity index is 425. The van der Waals surface area contributed by atoms with Crippen LogP contribution in [0.2, 0.25) is 0 Å². The van der Waals surface area contributed by atoms with Crippen LogP contribution in [0.25, 0.3) is 0 Å². The van der Waals surface area contributed by atoms with E-state index in [1.54, 1.807) is 18.5 Å². The number of carbonyl (C=O) groups excluding carboxylic acids is 1. The topological polar surface area (TPSA) is 84.1 Å². The molecule has 0 aromatic carbocycles. The average Bonchev–Trinajstić information content (AvgIpc) is 2.48. The molecule has 2 unspecified atom stereocenters. The van der Waals surface area contributed by atoms with Crippen molar-refractivity contribution in [2.24, 2.45) is 11.7 Å². The number of hydrogen-bond acceptors (Lipinski definition) is 5. The van der Waals surface area contributed by atoms with Crippen LogP contribution in [-0.4, -0.2) is 41.6 Å². The van der Waals surface area contributed by atoms with Gasteiger partial charge in [0.2, 0.25) is 11.9 Å². The Kier molecular flexibility index (Phi) is 5.29. The number of nitrogens with one attached hydrogen (secondary N) is 1. The first kappa shape index (κ1) is 14.7. The third kappa shape index (κ3) is 4.16. The minimum Gasteiger partial charge on any atom is -0.352 e. The van der Waals surface area contributed by atoms with Crippen LogP contribution in [0.4, 0.5) is 5.95 Å². The Morgan fingerprint density at radius 2 is 2.30 bits per heavy atom. The molecule has 0 spiro atoms. The van der Waals surface area contributed by atoms with Gasteiger partial charge < -0.3 is 16.0 Å². The third-order valence-corrected chi connectivity index (χ3v) is 3.56. The molecule has 2 rings (SSSR count). The molecular weight excluding hydrogens is 254 g/mol. The van der Waals surface area contributed by atoms with E-state index in [1.165, 1.54) is 0 Å². The van der Waals surface area contributed by atoms with Crippen LogP contribution in [0.3, 0.4) is 0 Å². The molecule has 1 fully saturated rings. The number of hydrogen-bond donors (Lipinski definition) is 2. The standard InChI is InChI=1S/C14H23N5O/c1-11(9-15)8-13(20)18-12-4-2-7-19(10-12)14-16-5-3-6-17-14/h3,5-6,11-12H,2,4,7-10,15H2,1H3,(H,18,20). The van der Waals surface area contributed by atoms with E-state index in [-0.39, 0.29) is 17.9 Å². The SMILES string of the molecule is CC(CN)CC(=O)NC1CCCN(c2ncccn2)C1. The van der Waals surface area contributed by atoms with Gasteiger partial charge >= 0.3 is 0 Å². The lowest BCUT2D eigenvalue weighted by Gasteiger charge is -2.33. The van der Waals surface area contributed by atoms with Crippen LogP contribution in [0.1, 0.15) is 26.2 Å². The highest BCUT2D eigenvalue weighted by atomic mass is 16.1. The van der Waals surface area contributed by atoms with E-state index in [2.05, 4.69) is 20.2 Å². The van der Waals surface area contributed by atoms with Crippen LogP contribution >= 0.6 is 0 Å². The normalized spacial score (nSPS) is 20.5. The van der Waals surface area contributed by atoms with Crippen LogP contribution < -0.4 is 16.0 Å². The van der Waals surface area contributed by atoms with E-state index in [0.717, 1.165) is 31.9 Å². The van der Waals surface area contributed by atoms with E-state index in [4.69, 9.17) is 5.73 Å². The van der Waals surface area contributed by atoms with Crippen molar-refractivity contribution >= 4 is 11.9 Å². The number of anilines is 1. The van der Waals surface area contributed by atoms with Crippen molar-refractivity contribution in [2.45, 2.75) is 32.2 Å².